The van der Waals surface area contributed by atoms with E-state index >= 15 is 0 Å². The van der Waals surface area contributed by atoms with E-state index < -0.39 is 15.8 Å². The molecule has 1 aliphatic heterocycles. The maximum atomic E-state index is 13.1. The number of carbonyl (C=O) groups is 2. The molecule has 0 unspecified atom stereocenters. The Bertz CT molecular complexity index is 1150. The zero-order valence-corrected chi connectivity index (χ0v) is 19.3. The molecule has 33 heavy (non-hydrogen) atoms. The average molecular weight is 495 g/mol. The summed E-state index contributed by atoms with van der Waals surface area (Å²) in [5.74, 6) is -0.808. The lowest BCUT2D eigenvalue weighted by Crippen LogP contribution is -2.51. The quantitative estimate of drug-likeness (QED) is 0.615. The van der Waals surface area contributed by atoms with Crippen LogP contribution < -0.4 is 10.0 Å². The number of benzene rings is 2. The molecule has 11 heteroatoms. The molecule has 2 N–H and O–H groups in total. The van der Waals surface area contributed by atoms with Crippen LogP contribution in [0, 0.1) is 5.82 Å². The van der Waals surface area contributed by atoms with Crippen molar-refractivity contribution in [3.05, 3.63) is 58.9 Å². The van der Waals surface area contributed by atoms with Crippen LogP contribution >= 0.6 is 11.6 Å². The highest BCUT2D eigenvalue weighted by Crippen LogP contribution is 2.26. The Labute approximate surface area is 196 Å². The van der Waals surface area contributed by atoms with Gasteiger partial charge in [-0.3, -0.25) is 19.2 Å². The van der Waals surface area contributed by atoms with E-state index in [0.717, 1.165) is 25.0 Å². The van der Waals surface area contributed by atoms with Crippen LogP contribution in [0.3, 0.4) is 0 Å². The number of halogens is 2. The number of hydrogen-bond acceptors (Lipinski definition) is 5. The number of anilines is 1. The minimum absolute atomic E-state index is 0.00141. The molecule has 2 aromatic rings. The van der Waals surface area contributed by atoms with Crippen LogP contribution in [0.4, 0.5) is 10.1 Å². The van der Waals surface area contributed by atoms with Crippen molar-refractivity contribution in [1.29, 1.82) is 0 Å². The van der Waals surface area contributed by atoms with Gasteiger partial charge in [0.1, 0.15) is 10.7 Å². The smallest absolute Gasteiger partial charge is 0.263 e. The summed E-state index contributed by atoms with van der Waals surface area (Å²) in [6, 6.07) is 9.26. The third-order valence-electron chi connectivity index (χ3n) is 5.53. The van der Waals surface area contributed by atoms with E-state index in [2.05, 4.69) is 10.0 Å². The number of sulfonamides is 1. The summed E-state index contributed by atoms with van der Waals surface area (Å²) in [6.45, 7) is 2.25. The van der Waals surface area contributed by atoms with Crippen molar-refractivity contribution in [2.45, 2.75) is 23.8 Å². The molecule has 1 saturated heterocycles. The van der Waals surface area contributed by atoms with Gasteiger partial charge in [0.05, 0.1) is 11.6 Å². The molecule has 1 saturated carbocycles. The van der Waals surface area contributed by atoms with Gasteiger partial charge in [0.2, 0.25) is 5.91 Å². The maximum Gasteiger partial charge on any atom is 0.263 e. The maximum absolute atomic E-state index is 13.1. The Balaban J connectivity index is 1.41. The molecule has 0 radical (unpaired) electrons. The molecule has 0 aromatic heterocycles. The van der Waals surface area contributed by atoms with E-state index in [0.29, 0.717) is 38.8 Å². The Morgan fingerprint density at radius 3 is 2.33 bits per heavy atom. The van der Waals surface area contributed by atoms with Crippen molar-refractivity contribution in [2.24, 2.45) is 0 Å². The van der Waals surface area contributed by atoms with Crippen molar-refractivity contribution < 1.29 is 22.4 Å². The van der Waals surface area contributed by atoms with Crippen LogP contribution in [0.1, 0.15) is 23.2 Å². The molecule has 4 rings (SSSR count). The molecule has 1 heterocycles. The van der Waals surface area contributed by atoms with Crippen LogP contribution in [0.5, 0.6) is 0 Å². The molecule has 2 fully saturated rings. The molecular formula is C22H24ClFN4O4S. The summed E-state index contributed by atoms with van der Waals surface area (Å²) in [6.07, 6.45) is 2.07. The van der Waals surface area contributed by atoms with E-state index in [-0.39, 0.29) is 33.0 Å². The van der Waals surface area contributed by atoms with Gasteiger partial charge in [-0.15, -0.1) is 0 Å². The van der Waals surface area contributed by atoms with Crippen molar-refractivity contribution in [3.63, 3.8) is 0 Å². The van der Waals surface area contributed by atoms with Crippen molar-refractivity contribution in [3.8, 4) is 0 Å². The minimum Gasteiger partial charge on any atom is -0.352 e. The van der Waals surface area contributed by atoms with Crippen LogP contribution in [0.2, 0.25) is 5.02 Å². The van der Waals surface area contributed by atoms with E-state index in [1.165, 1.54) is 30.3 Å². The first kappa shape index (κ1) is 23.5. The van der Waals surface area contributed by atoms with E-state index in [9.17, 15) is 22.4 Å². The second-order valence-electron chi connectivity index (χ2n) is 8.17. The number of carbonyl (C=O) groups excluding carboxylic acids is 2. The molecule has 1 aliphatic carbocycles. The first-order chi connectivity index (χ1) is 15.7. The lowest BCUT2D eigenvalue weighted by molar-refractivity contribution is -0.122. The number of rotatable bonds is 7. The van der Waals surface area contributed by atoms with Crippen molar-refractivity contribution >= 4 is 39.1 Å². The Morgan fingerprint density at radius 2 is 1.70 bits per heavy atom. The van der Waals surface area contributed by atoms with Crippen molar-refractivity contribution in [2.75, 3.05) is 37.4 Å². The number of piperazine rings is 1. The minimum atomic E-state index is -4.10. The topological polar surface area (TPSA) is 98.8 Å². The Hall–Kier alpha value is -2.69. The van der Waals surface area contributed by atoms with Gasteiger partial charge in [0, 0.05) is 43.5 Å². The van der Waals surface area contributed by atoms with Crippen molar-refractivity contribution in [1.82, 2.24) is 15.1 Å². The molecule has 2 aromatic carbocycles. The van der Waals surface area contributed by atoms with E-state index in [1.54, 1.807) is 4.90 Å². The average Bonchev–Trinajstić information content (AvgIpc) is 3.59. The standard InChI is InChI=1S/C22H24ClFN4O4S/c23-19-8-1-15(13-20(19)33(31,32)26-18-4-2-16(24)3-5-18)22(30)28-11-9-27(10-12-28)14-21(29)25-17-6-7-17/h1-5,8,13,17,26H,6-7,9-12,14H2,(H,25,29). The summed E-state index contributed by atoms with van der Waals surface area (Å²) in [5.41, 5.74) is 0.366. The first-order valence-electron chi connectivity index (χ1n) is 10.6. The number of nitrogens with zero attached hydrogens (tertiary/aromatic N) is 2. The van der Waals surface area contributed by atoms with Crippen LogP contribution in [0.25, 0.3) is 0 Å². The summed E-state index contributed by atoms with van der Waals surface area (Å²) in [5, 5.41) is 2.92. The summed E-state index contributed by atoms with van der Waals surface area (Å²) in [4.78, 5) is 28.4. The monoisotopic (exact) mass is 494 g/mol. The Morgan fingerprint density at radius 1 is 1.03 bits per heavy atom. The SMILES string of the molecule is O=C(CN1CCN(C(=O)c2ccc(Cl)c(S(=O)(=O)Nc3ccc(F)cc3)c2)CC1)NC1CC1. The number of hydrogen-bond donors (Lipinski definition) is 2. The van der Waals surface area contributed by atoms with E-state index in [4.69, 9.17) is 11.6 Å². The largest absolute Gasteiger partial charge is 0.352 e. The lowest BCUT2D eigenvalue weighted by atomic mass is 10.2. The predicted molar refractivity (Wildman–Crippen MR) is 122 cm³/mol. The van der Waals surface area contributed by atoms with Gasteiger partial charge in [-0.2, -0.15) is 0 Å². The highest BCUT2D eigenvalue weighted by Gasteiger charge is 2.28. The van der Waals surface area contributed by atoms with Gasteiger partial charge in [-0.05, 0) is 55.3 Å². The summed E-state index contributed by atoms with van der Waals surface area (Å²) < 4.78 is 41.1. The molecule has 2 amide bonds. The molecule has 2 aliphatic rings. The van der Waals surface area contributed by atoms with Crippen LogP contribution in [-0.2, 0) is 14.8 Å². The molecule has 8 nitrogen and oxygen atoms in total. The number of nitrogens with one attached hydrogen (secondary N) is 2. The molecule has 0 spiro atoms. The zero-order valence-electron chi connectivity index (χ0n) is 17.8. The Kier molecular flexibility index (Phi) is 6.87. The highest BCUT2D eigenvalue weighted by atomic mass is 35.5. The first-order valence-corrected chi connectivity index (χ1v) is 12.5. The van der Waals surface area contributed by atoms with Gasteiger partial charge in [-0.25, -0.2) is 12.8 Å². The molecule has 176 valence electrons. The fourth-order valence-corrected chi connectivity index (χ4v) is 5.15. The van der Waals surface area contributed by atoms with Gasteiger partial charge >= 0.3 is 0 Å². The molecular weight excluding hydrogens is 471 g/mol. The molecule has 0 bridgehead atoms. The predicted octanol–water partition coefficient (Wildman–Crippen LogP) is 2.32. The third-order valence-corrected chi connectivity index (χ3v) is 7.40. The van der Waals surface area contributed by atoms with Gasteiger partial charge < -0.3 is 10.2 Å². The fraction of sp³-hybridized carbons (Fsp3) is 0.364. The second-order valence-corrected chi connectivity index (χ2v) is 10.2. The zero-order chi connectivity index (χ0) is 23.6. The van der Waals surface area contributed by atoms with Gasteiger partial charge in [-0.1, -0.05) is 11.6 Å². The van der Waals surface area contributed by atoms with Gasteiger partial charge in [0.25, 0.3) is 15.9 Å². The summed E-state index contributed by atoms with van der Waals surface area (Å²) in [7, 11) is -4.10. The fourth-order valence-electron chi connectivity index (χ4n) is 3.57. The number of amides is 2. The normalized spacial score (nSPS) is 17.0. The molecule has 0 atom stereocenters. The van der Waals surface area contributed by atoms with Gasteiger partial charge in [0.15, 0.2) is 0 Å². The second kappa shape index (κ2) is 9.66. The van der Waals surface area contributed by atoms with Crippen LogP contribution in [0.15, 0.2) is 47.4 Å². The van der Waals surface area contributed by atoms with E-state index in [1.807, 2.05) is 4.90 Å². The summed E-state index contributed by atoms with van der Waals surface area (Å²) >= 11 is 6.12. The third kappa shape index (κ3) is 6.01. The van der Waals surface area contributed by atoms with Crippen LogP contribution in [-0.4, -0.2) is 68.8 Å². The lowest BCUT2D eigenvalue weighted by Gasteiger charge is -2.34. The highest BCUT2D eigenvalue weighted by molar-refractivity contribution is 7.92.